The van der Waals surface area contributed by atoms with Gasteiger partial charge >= 0.3 is 6.09 Å². The number of carbonyl (C=O) groups excluding carboxylic acids is 1. The molecule has 0 spiro atoms. The minimum Gasteiger partial charge on any atom is -0.493 e. The number of anilines is 2. The van der Waals surface area contributed by atoms with Gasteiger partial charge in [-0.15, -0.1) is 0 Å². The van der Waals surface area contributed by atoms with Crippen LogP contribution in [0.5, 0.6) is 11.5 Å². The van der Waals surface area contributed by atoms with Crippen molar-refractivity contribution < 1.29 is 24.2 Å². The number of carboxylic acid groups (broad SMARTS) is 1. The van der Waals surface area contributed by atoms with Crippen molar-refractivity contribution in [1.29, 1.82) is 0 Å². The van der Waals surface area contributed by atoms with Crippen LogP contribution in [0.1, 0.15) is 35.3 Å². The van der Waals surface area contributed by atoms with E-state index in [4.69, 9.17) is 21.1 Å². The summed E-state index contributed by atoms with van der Waals surface area (Å²) in [6, 6.07) is 7.05. The lowest BCUT2D eigenvalue weighted by Gasteiger charge is -2.33. The molecule has 38 heavy (non-hydrogen) atoms. The topological polar surface area (TPSA) is 129 Å². The fourth-order valence-electron chi connectivity index (χ4n) is 6.14. The van der Waals surface area contributed by atoms with E-state index in [-0.39, 0.29) is 24.6 Å². The number of carbonyl (C=O) groups is 2. The quantitative estimate of drug-likeness (QED) is 0.344. The molecule has 1 saturated carbocycles. The lowest BCUT2D eigenvalue weighted by atomic mass is 9.99. The van der Waals surface area contributed by atoms with Crippen molar-refractivity contribution in [2.45, 2.75) is 37.8 Å². The number of nitrogens with one attached hydrogen (secondary N) is 3. The van der Waals surface area contributed by atoms with Crippen molar-refractivity contribution in [1.82, 2.24) is 20.2 Å². The molecule has 2 fully saturated rings. The van der Waals surface area contributed by atoms with Crippen LogP contribution in [0.15, 0.2) is 36.7 Å². The van der Waals surface area contributed by atoms with E-state index in [9.17, 15) is 14.7 Å². The van der Waals surface area contributed by atoms with Gasteiger partial charge in [0, 0.05) is 36.5 Å². The summed E-state index contributed by atoms with van der Waals surface area (Å²) in [5.74, 6) is 1.07. The highest BCUT2D eigenvalue weighted by molar-refractivity contribution is 6.32. The third kappa shape index (κ3) is 4.09. The first kappa shape index (κ1) is 24.4. The van der Waals surface area contributed by atoms with Gasteiger partial charge in [-0.05, 0) is 43.4 Å². The van der Waals surface area contributed by atoms with Crippen LogP contribution >= 0.6 is 11.6 Å². The molecule has 1 aromatic carbocycles. The normalized spacial score (nSPS) is 21.7. The number of aromatic nitrogens is 2. The van der Waals surface area contributed by atoms with Gasteiger partial charge in [0.1, 0.15) is 12.4 Å². The molecule has 11 heteroatoms. The number of hydrogen-bond donors (Lipinski definition) is 4. The molecule has 0 radical (unpaired) electrons. The van der Waals surface area contributed by atoms with Crippen molar-refractivity contribution in [3.05, 3.63) is 52.9 Å². The highest BCUT2D eigenvalue weighted by Gasteiger charge is 2.48. The summed E-state index contributed by atoms with van der Waals surface area (Å²) >= 11 is 6.36. The number of rotatable bonds is 7. The molecule has 0 unspecified atom stereocenters. The smallest absolute Gasteiger partial charge is 0.407 e. The molecule has 3 atom stereocenters. The summed E-state index contributed by atoms with van der Waals surface area (Å²) in [6.45, 7) is 0.763. The van der Waals surface area contributed by atoms with E-state index in [0.29, 0.717) is 63.6 Å². The van der Waals surface area contributed by atoms with Gasteiger partial charge in [0.05, 0.1) is 47.0 Å². The van der Waals surface area contributed by atoms with Crippen molar-refractivity contribution in [3.63, 3.8) is 0 Å². The Balaban J connectivity index is 1.38. The van der Waals surface area contributed by atoms with E-state index in [1.165, 1.54) is 7.11 Å². The van der Waals surface area contributed by atoms with Crippen LogP contribution in [0, 0.1) is 5.92 Å². The molecule has 2 aromatic heterocycles. The van der Waals surface area contributed by atoms with Gasteiger partial charge in [-0.3, -0.25) is 14.7 Å². The van der Waals surface area contributed by atoms with Crippen molar-refractivity contribution in [2.75, 3.05) is 25.6 Å². The number of para-hydroxylation sites is 1. The number of nitrogens with zero attached hydrogens (tertiary/aromatic N) is 2. The Morgan fingerprint density at radius 3 is 3.00 bits per heavy atom. The van der Waals surface area contributed by atoms with E-state index in [2.05, 4.69) is 20.6 Å². The Morgan fingerprint density at radius 2 is 2.18 bits per heavy atom. The zero-order valence-corrected chi connectivity index (χ0v) is 21.5. The molecule has 2 bridgehead atoms. The van der Waals surface area contributed by atoms with Gasteiger partial charge < -0.3 is 30.2 Å². The van der Waals surface area contributed by atoms with Gasteiger partial charge in [-0.1, -0.05) is 17.7 Å². The minimum atomic E-state index is -0.901. The van der Waals surface area contributed by atoms with Gasteiger partial charge in [0.2, 0.25) is 0 Å². The maximum absolute atomic E-state index is 13.0. The van der Waals surface area contributed by atoms with Gasteiger partial charge in [0.25, 0.3) is 5.91 Å². The molecule has 4 N–H and O–H groups in total. The minimum absolute atomic E-state index is 0.0663. The Labute approximate surface area is 224 Å². The van der Waals surface area contributed by atoms with Crippen LogP contribution in [0.4, 0.5) is 16.2 Å². The molecule has 4 heterocycles. The maximum Gasteiger partial charge on any atom is 0.407 e. The van der Waals surface area contributed by atoms with Gasteiger partial charge in [-0.2, -0.15) is 0 Å². The molecule has 3 aromatic rings. The number of H-pyrrole nitrogens is 1. The Kier molecular flexibility index (Phi) is 6.27. The van der Waals surface area contributed by atoms with E-state index < -0.39 is 6.09 Å². The number of amides is 2. The molecule has 3 aliphatic rings. The van der Waals surface area contributed by atoms with E-state index >= 15 is 0 Å². The van der Waals surface area contributed by atoms with E-state index in [1.54, 1.807) is 29.4 Å². The lowest BCUT2D eigenvalue weighted by molar-refractivity contribution is 0.0795. The average Bonchev–Trinajstić information content (AvgIpc) is 3.62. The molecular weight excluding hydrogens is 510 g/mol. The second-order valence-corrected chi connectivity index (χ2v) is 10.3. The summed E-state index contributed by atoms with van der Waals surface area (Å²) in [4.78, 5) is 34.2. The first-order chi connectivity index (χ1) is 18.5. The number of ether oxygens (including phenoxy) is 2. The standard InChI is InChI=1S/C27H28ClN5O5/c1-37-25-17(28)3-2-4-19(25)32-24-22-18(8-10-30-26(22)34)31-23(24)16-7-9-29-12-21(16)38-13-20-14-5-6-15(11-14)33(20)27(35)36/h2-4,7,9,12,14-15,20,31-32H,5-6,8,10-11,13H2,1H3,(H,30,34)(H,35,36)/t14-,15+,20+/m1/s1. The Bertz CT molecular complexity index is 1410. The summed E-state index contributed by atoms with van der Waals surface area (Å²) in [5, 5.41) is 16.5. The number of aromatic amines is 1. The third-order valence-corrected chi connectivity index (χ3v) is 8.12. The second kappa shape index (κ2) is 9.75. The van der Waals surface area contributed by atoms with E-state index in [1.807, 2.05) is 12.1 Å². The van der Waals surface area contributed by atoms with E-state index in [0.717, 1.165) is 25.0 Å². The van der Waals surface area contributed by atoms with Gasteiger partial charge in [-0.25, -0.2) is 4.79 Å². The fourth-order valence-corrected chi connectivity index (χ4v) is 6.39. The highest BCUT2D eigenvalue weighted by atomic mass is 35.5. The number of pyridine rings is 1. The maximum atomic E-state index is 13.0. The zero-order valence-electron chi connectivity index (χ0n) is 20.8. The number of piperidine rings is 1. The molecule has 1 saturated heterocycles. The van der Waals surface area contributed by atoms with Crippen molar-refractivity contribution >= 4 is 35.0 Å². The number of methoxy groups -OCH3 is 1. The van der Waals surface area contributed by atoms with Crippen LogP contribution in [-0.2, 0) is 6.42 Å². The number of hydrogen-bond acceptors (Lipinski definition) is 6. The van der Waals surface area contributed by atoms with Crippen molar-refractivity contribution in [3.8, 4) is 22.8 Å². The fraction of sp³-hybridized carbons (Fsp3) is 0.370. The molecule has 198 valence electrons. The summed E-state index contributed by atoms with van der Waals surface area (Å²) < 4.78 is 11.8. The number of fused-ring (bicyclic) bond motifs is 3. The Hall–Kier alpha value is -3.92. The van der Waals surface area contributed by atoms with Crippen LogP contribution in [-0.4, -0.2) is 64.3 Å². The zero-order chi connectivity index (χ0) is 26.4. The first-order valence-electron chi connectivity index (χ1n) is 12.7. The van der Waals surface area contributed by atoms with Crippen LogP contribution in [0.3, 0.4) is 0 Å². The SMILES string of the molecule is COc1c(Cl)cccc1Nc1c(-c2ccncc2OC[C@H]2[C@@H]3CC[C@@H](C3)N2C(=O)O)[nH]c2c1C(=O)NCC2. The summed E-state index contributed by atoms with van der Waals surface area (Å²) in [7, 11) is 1.54. The predicted molar refractivity (Wildman–Crippen MR) is 142 cm³/mol. The molecule has 6 rings (SSSR count). The summed E-state index contributed by atoms with van der Waals surface area (Å²) in [5.41, 5.74) is 3.87. The first-order valence-corrected chi connectivity index (χ1v) is 13.0. The van der Waals surface area contributed by atoms with Crippen LogP contribution < -0.4 is 20.1 Å². The highest BCUT2D eigenvalue weighted by Crippen LogP contribution is 2.45. The lowest BCUT2D eigenvalue weighted by Crippen LogP contribution is -2.47. The van der Waals surface area contributed by atoms with Crippen LogP contribution in [0.2, 0.25) is 5.02 Å². The average molecular weight is 538 g/mol. The third-order valence-electron chi connectivity index (χ3n) is 7.82. The largest absolute Gasteiger partial charge is 0.493 e. The predicted octanol–water partition coefficient (Wildman–Crippen LogP) is 4.68. The van der Waals surface area contributed by atoms with Crippen molar-refractivity contribution in [2.24, 2.45) is 5.92 Å². The molecule has 2 aliphatic heterocycles. The number of likely N-dealkylation sites (tertiary alicyclic amines) is 1. The number of halogens is 1. The second-order valence-electron chi connectivity index (χ2n) is 9.85. The number of benzene rings is 1. The molecular formula is C27H28ClN5O5. The molecule has 10 nitrogen and oxygen atoms in total. The Morgan fingerprint density at radius 1 is 1.32 bits per heavy atom. The van der Waals surface area contributed by atoms with Crippen LogP contribution in [0.25, 0.3) is 11.3 Å². The van der Waals surface area contributed by atoms with Gasteiger partial charge in [0.15, 0.2) is 5.75 Å². The summed E-state index contributed by atoms with van der Waals surface area (Å²) in [6.07, 6.45) is 5.82. The molecule has 2 amide bonds. The monoisotopic (exact) mass is 537 g/mol. The molecule has 1 aliphatic carbocycles.